The molecule has 3 aromatic rings. The lowest BCUT2D eigenvalue weighted by molar-refractivity contribution is 0.251. The zero-order valence-electron chi connectivity index (χ0n) is 14.9. The molecule has 140 valence electrons. The van der Waals surface area contributed by atoms with Gasteiger partial charge in [0.15, 0.2) is 0 Å². The Kier molecular flexibility index (Phi) is 6.43. The highest BCUT2D eigenvalue weighted by Crippen LogP contribution is 2.14. The summed E-state index contributed by atoms with van der Waals surface area (Å²) in [6.07, 6.45) is 2.58. The zero-order chi connectivity index (χ0) is 19.1. The Labute approximate surface area is 165 Å². The molecule has 0 aliphatic heterocycles. The van der Waals surface area contributed by atoms with Crippen molar-refractivity contribution < 1.29 is 9.53 Å². The summed E-state index contributed by atoms with van der Waals surface area (Å²) in [6, 6.07) is 15.0. The average molecular weight is 430 g/mol. The Balaban J connectivity index is 1.43. The fraction of sp³-hybridized carbons (Fsp3) is 0.211. The third kappa shape index (κ3) is 5.82. The largest absolute Gasteiger partial charge is 0.497 e. The number of benzene rings is 2. The molecule has 27 heavy (non-hydrogen) atoms. The molecule has 0 unspecified atom stereocenters. The van der Waals surface area contributed by atoms with E-state index in [0.29, 0.717) is 19.5 Å². The number of ether oxygens (including phenoxy) is 1. The Morgan fingerprint density at radius 3 is 2.59 bits per heavy atom. The Bertz CT molecular complexity index is 878. The van der Waals surface area contributed by atoms with Gasteiger partial charge in [-0.3, -0.25) is 4.68 Å². The summed E-state index contributed by atoms with van der Waals surface area (Å²) in [5.74, 6) is 0.829. The minimum Gasteiger partial charge on any atom is -0.497 e. The molecule has 0 aliphatic carbocycles. The first kappa shape index (κ1) is 18.9. The van der Waals surface area contributed by atoms with Gasteiger partial charge in [-0.05, 0) is 42.0 Å². The summed E-state index contributed by atoms with van der Waals surface area (Å²) in [5.41, 5.74) is 2.74. The monoisotopic (exact) mass is 429 g/mol. The molecule has 0 spiro atoms. The normalized spacial score (nSPS) is 10.4. The average Bonchev–Trinajstić information content (AvgIpc) is 3.11. The van der Waals surface area contributed by atoms with Crippen LogP contribution in [0.5, 0.6) is 5.75 Å². The molecule has 1 heterocycles. The molecule has 0 saturated heterocycles. The Morgan fingerprint density at radius 2 is 1.89 bits per heavy atom. The molecular formula is C19H20BrN5O2. The van der Waals surface area contributed by atoms with Crippen molar-refractivity contribution in [2.24, 2.45) is 0 Å². The molecule has 2 aromatic carbocycles. The maximum absolute atomic E-state index is 11.9. The standard InChI is InChI=1S/C19H20BrN5O2/c1-27-18-8-2-14(3-9-18)12-17-13-25(24-23-17)11-10-21-19(26)22-16-6-4-15(20)5-7-16/h2-9,13H,10-12H2,1H3,(H2,21,22,26). The quantitative estimate of drug-likeness (QED) is 0.602. The van der Waals surface area contributed by atoms with Gasteiger partial charge in [0.05, 0.1) is 19.3 Å². The van der Waals surface area contributed by atoms with Gasteiger partial charge in [0.2, 0.25) is 0 Å². The van der Waals surface area contributed by atoms with E-state index in [1.54, 1.807) is 11.8 Å². The van der Waals surface area contributed by atoms with Crippen molar-refractivity contribution in [1.82, 2.24) is 20.3 Å². The smallest absolute Gasteiger partial charge is 0.319 e. The number of aromatic nitrogens is 3. The molecule has 1 aromatic heterocycles. The van der Waals surface area contributed by atoms with Gasteiger partial charge in [0.1, 0.15) is 5.75 Å². The van der Waals surface area contributed by atoms with Crippen LogP contribution in [-0.2, 0) is 13.0 Å². The molecule has 0 saturated carbocycles. The van der Waals surface area contributed by atoms with E-state index in [0.717, 1.165) is 27.2 Å². The lowest BCUT2D eigenvalue weighted by Crippen LogP contribution is -2.31. The second-order valence-corrected chi connectivity index (χ2v) is 6.80. The number of methoxy groups -OCH3 is 1. The van der Waals surface area contributed by atoms with Gasteiger partial charge in [0, 0.05) is 29.3 Å². The van der Waals surface area contributed by atoms with Crippen LogP contribution in [0.4, 0.5) is 10.5 Å². The minimum atomic E-state index is -0.254. The van der Waals surface area contributed by atoms with Crippen molar-refractivity contribution >= 4 is 27.6 Å². The zero-order valence-corrected chi connectivity index (χ0v) is 16.4. The lowest BCUT2D eigenvalue weighted by atomic mass is 10.1. The van der Waals surface area contributed by atoms with Crippen molar-refractivity contribution in [3.63, 3.8) is 0 Å². The predicted octanol–water partition coefficient (Wildman–Crippen LogP) is 3.46. The minimum absolute atomic E-state index is 0.254. The number of hydrogen-bond donors (Lipinski definition) is 2. The van der Waals surface area contributed by atoms with E-state index in [9.17, 15) is 4.79 Å². The van der Waals surface area contributed by atoms with Crippen LogP contribution >= 0.6 is 15.9 Å². The molecule has 7 nitrogen and oxygen atoms in total. The topological polar surface area (TPSA) is 81.1 Å². The summed E-state index contributed by atoms with van der Waals surface area (Å²) >= 11 is 3.36. The van der Waals surface area contributed by atoms with Crippen LogP contribution in [0, 0.1) is 0 Å². The van der Waals surface area contributed by atoms with Crippen molar-refractivity contribution in [1.29, 1.82) is 0 Å². The summed E-state index contributed by atoms with van der Waals surface area (Å²) in [7, 11) is 1.65. The molecule has 8 heteroatoms. The number of hydrogen-bond acceptors (Lipinski definition) is 4. The maximum Gasteiger partial charge on any atom is 0.319 e. The highest BCUT2D eigenvalue weighted by Gasteiger charge is 2.05. The molecule has 3 rings (SSSR count). The molecule has 0 radical (unpaired) electrons. The number of carbonyl (C=O) groups is 1. The highest BCUT2D eigenvalue weighted by molar-refractivity contribution is 9.10. The van der Waals surface area contributed by atoms with E-state index in [1.807, 2.05) is 54.7 Å². The van der Waals surface area contributed by atoms with Gasteiger partial charge in [-0.1, -0.05) is 33.3 Å². The number of rotatable bonds is 7. The first-order chi connectivity index (χ1) is 13.1. The number of carbonyl (C=O) groups excluding carboxylic acids is 1. The molecular weight excluding hydrogens is 410 g/mol. The van der Waals surface area contributed by atoms with Crippen molar-refractivity contribution in [3.05, 3.63) is 70.5 Å². The van der Waals surface area contributed by atoms with Gasteiger partial charge in [-0.2, -0.15) is 0 Å². The second-order valence-electron chi connectivity index (χ2n) is 5.89. The molecule has 2 N–H and O–H groups in total. The number of amides is 2. The molecule has 2 amide bonds. The van der Waals surface area contributed by atoms with Crippen LogP contribution in [-0.4, -0.2) is 34.7 Å². The van der Waals surface area contributed by atoms with Crippen LogP contribution in [0.15, 0.2) is 59.2 Å². The number of anilines is 1. The van der Waals surface area contributed by atoms with Gasteiger partial charge >= 0.3 is 6.03 Å². The van der Waals surface area contributed by atoms with Crippen LogP contribution in [0.2, 0.25) is 0 Å². The highest BCUT2D eigenvalue weighted by atomic mass is 79.9. The van der Waals surface area contributed by atoms with E-state index in [-0.39, 0.29) is 6.03 Å². The van der Waals surface area contributed by atoms with Crippen LogP contribution < -0.4 is 15.4 Å². The SMILES string of the molecule is COc1ccc(Cc2cn(CCNC(=O)Nc3ccc(Br)cc3)nn2)cc1. The van der Waals surface area contributed by atoms with Gasteiger partial charge in [-0.25, -0.2) is 4.79 Å². The third-order valence-electron chi connectivity index (χ3n) is 3.86. The van der Waals surface area contributed by atoms with E-state index >= 15 is 0 Å². The fourth-order valence-electron chi connectivity index (χ4n) is 2.47. The van der Waals surface area contributed by atoms with Gasteiger partial charge < -0.3 is 15.4 Å². The van der Waals surface area contributed by atoms with E-state index in [4.69, 9.17) is 4.74 Å². The van der Waals surface area contributed by atoms with Crippen LogP contribution in [0.1, 0.15) is 11.3 Å². The molecule has 0 bridgehead atoms. The fourth-order valence-corrected chi connectivity index (χ4v) is 2.74. The first-order valence-corrected chi connectivity index (χ1v) is 9.24. The summed E-state index contributed by atoms with van der Waals surface area (Å²) in [5, 5.41) is 13.9. The lowest BCUT2D eigenvalue weighted by Gasteiger charge is -2.07. The van der Waals surface area contributed by atoms with Crippen LogP contribution in [0.3, 0.4) is 0 Å². The molecule has 0 aliphatic rings. The summed E-state index contributed by atoms with van der Waals surface area (Å²) in [6.45, 7) is 0.997. The first-order valence-electron chi connectivity index (χ1n) is 8.45. The molecule has 0 atom stereocenters. The van der Waals surface area contributed by atoms with Crippen molar-refractivity contribution in [3.8, 4) is 5.75 Å². The number of halogens is 1. The Morgan fingerprint density at radius 1 is 1.15 bits per heavy atom. The second kappa shape index (κ2) is 9.18. The summed E-state index contributed by atoms with van der Waals surface area (Å²) in [4.78, 5) is 11.9. The van der Waals surface area contributed by atoms with E-state index in [2.05, 4.69) is 36.9 Å². The van der Waals surface area contributed by atoms with Crippen molar-refractivity contribution in [2.75, 3.05) is 19.0 Å². The van der Waals surface area contributed by atoms with E-state index < -0.39 is 0 Å². The van der Waals surface area contributed by atoms with Crippen LogP contribution in [0.25, 0.3) is 0 Å². The maximum atomic E-state index is 11.9. The third-order valence-corrected chi connectivity index (χ3v) is 4.39. The van der Waals surface area contributed by atoms with Gasteiger partial charge in [0.25, 0.3) is 0 Å². The summed E-state index contributed by atoms with van der Waals surface area (Å²) < 4.78 is 7.84. The van der Waals surface area contributed by atoms with E-state index in [1.165, 1.54) is 0 Å². The number of nitrogens with one attached hydrogen (secondary N) is 2. The predicted molar refractivity (Wildman–Crippen MR) is 107 cm³/mol. The number of urea groups is 1. The van der Waals surface area contributed by atoms with Crippen molar-refractivity contribution in [2.45, 2.75) is 13.0 Å². The number of nitrogens with zero attached hydrogens (tertiary/aromatic N) is 3. The van der Waals surface area contributed by atoms with Gasteiger partial charge in [-0.15, -0.1) is 5.10 Å². The Hall–Kier alpha value is -2.87. The molecule has 0 fully saturated rings.